The predicted octanol–water partition coefficient (Wildman–Crippen LogP) is 4.01. The molecule has 0 aliphatic rings. The van der Waals surface area contributed by atoms with Crippen LogP contribution in [0.2, 0.25) is 0 Å². The number of hydrogen-bond acceptors (Lipinski definition) is 3. The molecule has 2 nitrogen and oxygen atoms in total. The molecule has 0 saturated heterocycles. The Kier molecular flexibility index (Phi) is 4.52. The van der Waals surface area contributed by atoms with Gasteiger partial charge in [-0.3, -0.25) is 4.98 Å². The van der Waals surface area contributed by atoms with Gasteiger partial charge in [-0.15, -0.1) is 0 Å². The van der Waals surface area contributed by atoms with Crippen molar-refractivity contribution in [1.82, 2.24) is 4.98 Å². The molecule has 0 aliphatic heterocycles. The normalized spacial score (nSPS) is 10.6. The molecule has 0 unspecified atom stereocenters. The molecule has 1 aromatic carbocycles. The Hall–Kier alpha value is -1.62. The van der Waals surface area contributed by atoms with E-state index in [9.17, 15) is 8.78 Å². The van der Waals surface area contributed by atoms with Crippen LogP contribution in [0, 0.1) is 0 Å². The molecule has 0 atom stereocenters. The third kappa shape index (κ3) is 4.00. The van der Waals surface area contributed by atoms with E-state index in [0.717, 1.165) is 11.3 Å². The molecule has 5 heteroatoms. The predicted molar refractivity (Wildman–Crippen MR) is 69.9 cm³/mol. The first-order chi connectivity index (χ1) is 8.74. The highest BCUT2D eigenvalue weighted by molar-refractivity contribution is 7.99. The molecule has 0 saturated carbocycles. The zero-order chi connectivity index (χ0) is 12.8. The summed E-state index contributed by atoms with van der Waals surface area (Å²) in [4.78, 5) is 4.51. The molecule has 2 rings (SSSR count). The molecule has 0 aliphatic carbocycles. The lowest BCUT2D eigenvalue weighted by Gasteiger charge is -2.07. The van der Waals surface area contributed by atoms with Gasteiger partial charge in [0.05, 0.1) is 0 Å². The van der Waals surface area contributed by atoms with Crippen LogP contribution in [0.3, 0.4) is 0 Å². The van der Waals surface area contributed by atoms with E-state index in [0.29, 0.717) is 23.2 Å². The van der Waals surface area contributed by atoms with Crippen molar-refractivity contribution >= 4 is 17.4 Å². The number of anilines is 1. The molecule has 0 bridgehead atoms. The van der Waals surface area contributed by atoms with Gasteiger partial charge in [-0.05, 0) is 42.0 Å². The number of nitrogens with zero attached hydrogens (tertiary/aromatic N) is 1. The Labute approximate surface area is 108 Å². The van der Waals surface area contributed by atoms with Crippen LogP contribution < -0.4 is 5.32 Å². The third-order valence-corrected chi connectivity index (χ3v) is 3.05. The molecule has 2 aromatic rings. The van der Waals surface area contributed by atoms with Crippen LogP contribution in [0.15, 0.2) is 53.7 Å². The van der Waals surface area contributed by atoms with Gasteiger partial charge in [-0.2, -0.15) is 8.78 Å². The number of pyridine rings is 1. The van der Waals surface area contributed by atoms with Gasteiger partial charge in [-0.1, -0.05) is 11.8 Å². The Morgan fingerprint density at radius 2 is 1.72 bits per heavy atom. The minimum Gasteiger partial charge on any atom is -0.381 e. The number of hydrogen-bond donors (Lipinski definition) is 1. The summed E-state index contributed by atoms with van der Waals surface area (Å²) in [5.74, 6) is -2.37. The van der Waals surface area contributed by atoms with E-state index in [1.165, 1.54) is 0 Å². The molecule has 1 N–H and O–H groups in total. The van der Waals surface area contributed by atoms with Crippen molar-refractivity contribution < 1.29 is 8.78 Å². The second kappa shape index (κ2) is 6.35. The monoisotopic (exact) mass is 266 g/mol. The van der Waals surface area contributed by atoms with Crippen LogP contribution in [-0.2, 0) is 6.54 Å². The van der Waals surface area contributed by atoms with Crippen LogP contribution in [0.1, 0.15) is 5.56 Å². The van der Waals surface area contributed by atoms with Crippen molar-refractivity contribution in [3.8, 4) is 0 Å². The molecule has 0 fully saturated rings. The average molecular weight is 266 g/mol. The number of halogens is 2. The second-order valence-corrected chi connectivity index (χ2v) is 4.68. The van der Waals surface area contributed by atoms with E-state index in [1.807, 2.05) is 12.1 Å². The fourth-order valence-corrected chi connectivity index (χ4v) is 1.96. The second-order valence-electron chi connectivity index (χ2n) is 3.61. The quantitative estimate of drug-likeness (QED) is 0.828. The number of benzene rings is 1. The van der Waals surface area contributed by atoms with E-state index >= 15 is 0 Å². The van der Waals surface area contributed by atoms with E-state index < -0.39 is 5.76 Å². The number of alkyl halides is 2. The SMILES string of the molecule is FC(F)Sc1ccc(NCc2ccncc2)cc1. The van der Waals surface area contributed by atoms with Crippen molar-refractivity contribution in [2.24, 2.45) is 0 Å². The fraction of sp³-hybridized carbons (Fsp3) is 0.154. The summed E-state index contributed by atoms with van der Waals surface area (Å²) in [6.45, 7) is 0.684. The molecule has 94 valence electrons. The van der Waals surface area contributed by atoms with Crippen LogP contribution in [0.4, 0.5) is 14.5 Å². The Bertz CT molecular complexity index is 474. The van der Waals surface area contributed by atoms with Gasteiger partial charge < -0.3 is 5.32 Å². The highest BCUT2D eigenvalue weighted by Crippen LogP contribution is 2.26. The fourth-order valence-electron chi connectivity index (χ4n) is 1.46. The Balaban J connectivity index is 1.90. The van der Waals surface area contributed by atoms with Gasteiger partial charge in [0.1, 0.15) is 0 Å². The van der Waals surface area contributed by atoms with Crippen molar-refractivity contribution in [2.45, 2.75) is 17.2 Å². The molecule has 18 heavy (non-hydrogen) atoms. The van der Waals surface area contributed by atoms with Gasteiger partial charge >= 0.3 is 0 Å². The Morgan fingerprint density at radius 1 is 1.06 bits per heavy atom. The van der Waals surface area contributed by atoms with Crippen molar-refractivity contribution in [2.75, 3.05) is 5.32 Å². The highest BCUT2D eigenvalue weighted by atomic mass is 32.2. The first-order valence-electron chi connectivity index (χ1n) is 5.42. The average Bonchev–Trinajstić information content (AvgIpc) is 2.38. The zero-order valence-corrected chi connectivity index (χ0v) is 10.3. The number of nitrogens with one attached hydrogen (secondary N) is 1. The third-order valence-electron chi connectivity index (χ3n) is 2.33. The van der Waals surface area contributed by atoms with Crippen LogP contribution in [0.5, 0.6) is 0 Å². The largest absolute Gasteiger partial charge is 0.381 e. The highest BCUT2D eigenvalue weighted by Gasteiger charge is 2.04. The van der Waals surface area contributed by atoms with Crippen molar-refractivity contribution in [1.29, 1.82) is 0 Å². The van der Waals surface area contributed by atoms with Gasteiger partial charge in [0.15, 0.2) is 0 Å². The molecule has 0 amide bonds. The molecule has 1 aromatic heterocycles. The van der Waals surface area contributed by atoms with E-state index in [1.54, 1.807) is 36.7 Å². The summed E-state index contributed by atoms with van der Waals surface area (Å²) in [7, 11) is 0. The van der Waals surface area contributed by atoms with Gasteiger partial charge in [0, 0.05) is 29.5 Å². The summed E-state index contributed by atoms with van der Waals surface area (Å²) >= 11 is 0.552. The molecular formula is C13H12F2N2S. The van der Waals surface area contributed by atoms with Crippen LogP contribution in [-0.4, -0.2) is 10.7 Å². The maximum absolute atomic E-state index is 12.1. The van der Waals surface area contributed by atoms with E-state index in [2.05, 4.69) is 10.3 Å². The molecule has 1 heterocycles. The summed E-state index contributed by atoms with van der Waals surface area (Å²) < 4.78 is 24.3. The summed E-state index contributed by atoms with van der Waals surface area (Å²) in [5.41, 5.74) is 2.03. The maximum atomic E-state index is 12.1. The lowest BCUT2D eigenvalue weighted by Crippen LogP contribution is -1.99. The number of thioether (sulfide) groups is 1. The molecule has 0 radical (unpaired) electrons. The number of aromatic nitrogens is 1. The summed E-state index contributed by atoms with van der Waals surface area (Å²) in [5, 5.41) is 3.22. The first kappa shape index (κ1) is 12.8. The lowest BCUT2D eigenvalue weighted by atomic mass is 10.2. The zero-order valence-electron chi connectivity index (χ0n) is 9.51. The smallest absolute Gasteiger partial charge is 0.288 e. The van der Waals surface area contributed by atoms with Crippen LogP contribution >= 0.6 is 11.8 Å². The Morgan fingerprint density at radius 3 is 2.33 bits per heavy atom. The molecular weight excluding hydrogens is 254 g/mol. The lowest BCUT2D eigenvalue weighted by molar-refractivity contribution is 0.252. The minimum absolute atomic E-state index is 0.552. The van der Waals surface area contributed by atoms with Gasteiger partial charge in [0.25, 0.3) is 5.76 Å². The first-order valence-corrected chi connectivity index (χ1v) is 6.29. The van der Waals surface area contributed by atoms with E-state index in [-0.39, 0.29) is 0 Å². The molecule has 0 spiro atoms. The van der Waals surface area contributed by atoms with Crippen molar-refractivity contribution in [3.63, 3.8) is 0 Å². The standard InChI is InChI=1S/C13H12F2N2S/c14-13(15)18-12-3-1-11(2-4-12)17-9-10-5-7-16-8-6-10/h1-8,13,17H,9H2. The summed E-state index contributed by atoms with van der Waals surface area (Å²) in [6.07, 6.45) is 3.47. The van der Waals surface area contributed by atoms with Gasteiger partial charge in [0.2, 0.25) is 0 Å². The van der Waals surface area contributed by atoms with E-state index in [4.69, 9.17) is 0 Å². The van der Waals surface area contributed by atoms with Gasteiger partial charge in [-0.25, -0.2) is 0 Å². The van der Waals surface area contributed by atoms with Crippen LogP contribution in [0.25, 0.3) is 0 Å². The number of rotatable bonds is 5. The summed E-state index contributed by atoms with van der Waals surface area (Å²) in [6, 6.07) is 10.8. The minimum atomic E-state index is -2.37. The van der Waals surface area contributed by atoms with Crippen molar-refractivity contribution in [3.05, 3.63) is 54.4 Å². The topological polar surface area (TPSA) is 24.9 Å². The maximum Gasteiger partial charge on any atom is 0.288 e.